The summed E-state index contributed by atoms with van der Waals surface area (Å²) >= 11 is 0. The summed E-state index contributed by atoms with van der Waals surface area (Å²) in [5.41, 5.74) is -0.159. The molecule has 0 saturated heterocycles. The lowest BCUT2D eigenvalue weighted by Gasteiger charge is -2.42. The van der Waals surface area contributed by atoms with Crippen LogP contribution in [0.4, 0.5) is 18.0 Å². The van der Waals surface area contributed by atoms with Gasteiger partial charge in [-0.05, 0) is 44.0 Å². The summed E-state index contributed by atoms with van der Waals surface area (Å²) in [6, 6.07) is 3.92. The van der Waals surface area contributed by atoms with Crippen molar-refractivity contribution in [3.8, 4) is 0 Å². The van der Waals surface area contributed by atoms with Gasteiger partial charge in [0, 0.05) is 12.1 Å². The minimum atomic E-state index is -4.39. The van der Waals surface area contributed by atoms with E-state index in [0.29, 0.717) is 24.9 Å². The molecule has 1 aromatic rings. The highest BCUT2D eigenvalue weighted by atomic mass is 19.4. The van der Waals surface area contributed by atoms with Crippen LogP contribution in [0.1, 0.15) is 43.9 Å². The lowest BCUT2D eigenvalue weighted by Crippen LogP contribution is -2.56. The average Bonchev–Trinajstić information content (AvgIpc) is 2.55. The standard InChI is InChI=1S/C18H24F3N3O3/c1-3-24(10-16(25)26)15-8-14(9-15)23-17(27)22-11(2)12-4-6-13(7-5-12)18(19,20)21/h4-7,11,14-15H,3,8-10H2,1-2H3,(H,25,26)(H2,22,23,27)/t11-,14?,15?/m1/s1. The first kappa shape index (κ1) is 21.0. The molecule has 1 saturated carbocycles. The van der Waals surface area contributed by atoms with Crippen LogP contribution in [0.3, 0.4) is 0 Å². The monoisotopic (exact) mass is 387 g/mol. The van der Waals surface area contributed by atoms with Crippen LogP contribution in [0.2, 0.25) is 0 Å². The Labute approximate surface area is 155 Å². The zero-order chi connectivity index (χ0) is 20.2. The fraction of sp³-hybridized carbons (Fsp3) is 0.556. The quantitative estimate of drug-likeness (QED) is 0.672. The second-order valence-electron chi connectivity index (χ2n) is 6.74. The fourth-order valence-corrected chi connectivity index (χ4v) is 3.14. The van der Waals surface area contributed by atoms with Crippen molar-refractivity contribution in [2.45, 2.75) is 51.0 Å². The molecule has 2 amide bonds. The number of hydrogen-bond acceptors (Lipinski definition) is 3. The molecule has 3 N–H and O–H groups in total. The van der Waals surface area contributed by atoms with Crippen molar-refractivity contribution >= 4 is 12.0 Å². The van der Waals surface area contributed by atoms with E-state index in [1.54, 1.807) is 6.92 Å². The van der Waals surface area contributed by atoms with Crippen LogP contribution in [0.15, 0.2) is 24.3 Å². The maximum Gasteiger partial charge on any atom is 0.416 e. The second kappa shape index (κ2) is 8.60. The molecule has 150 valence electrons. The molecule has 1 aliphatic carbocycles. The third kappa shape index (κ3) is 5.85. The summed E-state index contributed by atoms with van der Waals surface area (Å²) in [6.45, 7) is 4.19. The van der Waals surface area contributed by atoms with Gasteiger partial charge in [0.2, 0.25) is 0 Å². The van der Waals surface area contributed by atoms with Gasteiger partial charge < -0.3 is 15.7 Å². The van der Waals surface area contributed by atoms with Crippen LogP contribution in [0, 0.1) is 0 Å². The molecule has 1 fully saturated rings. The van der Waals surface area contributed by atoms with Crippen molar-refractivity contribution in [1.82, 2.24) is 15.5 Å². The van der Waals surface area contributed by atoms with Crippen molar-refractivity contribution in [1.29, 1.82) is 0 Å². The van der Waals surface area contributed by atoms with Gasteiger partial charge in [-0.25, -0.2) is 4.79 Å². The van der Waals surface area contributed by atoms with E-state index < -0.39 is 29.8 Å². The Morgan fingerprint density at radius 2 is 1.85 bits per heavy atom. The number of urea groups is 1. The van der Waals surface area contributed by atoms with Gasteiger partial charge in [-0.3, -0.25) is 9.69 Å². The number of nitrogens with one attached hydrogen (secondary N) is 2. The Kier molecular flexibility index (Phi) is 6.69. The van der Waals surface area contributed by atoms with Gasteiger partial charge in [0.05, 0.1) is 18.2 Å². The molecule has 2 rings (SSSR count). The van der Waals surface area contributed by atoms with Crippen molar-refractivity contribution in [2.75, 3.05) is 13.1 Å². The number of carboxylic acid groups (broad SMARTS) is 1. The molecule has 0 heterocycles. The van der Waals surface area contributed by atoms with E-state index in [0.717, 1.165) is 12.1 Å². The lowest BCUT2D eigenvalue weighted by atomic mass is 9.85. The first-order chi connectivity index (χ1) is 12.6. The predicted molar refractivity (Wildman–Crippen MR) is 93.2 cm³/mol. The van der Waals surface area contributed by atoms with E-state index in [9.17, 15) is 22.8 Å². The van der Waals surface area contributed by atoms with E-state index in [-0.39, 0.29) is 18.6 Å². The number of amides is 2. The molecule has 1 aromatic carbocycles. The van der Waals surface area contributed by atoms with E-state index in [1.165, 1.54) is 12.1 Å². The molecule has 0 aliphatic heterocycles. The third-order valence-electron chi connectivity index (χ3n) is 4.79. The fourth-order valence-electron chi connectivity index (χ4n) is 3.14. The smallest absolute Gasteiger partial charge is 0.416 e. The van der Waals surface area contributed by atoms with Crippen LogP contribution >= 0.6 is 0 Å². The zero-order valence-corrected chi connectivity index (χ0v) is 15.2. The van der Waals surface area contributed by atoms with Gasteiger partial charge >= 0.3 is 18.2 Å². The number of halogens is 3. The first-order valence-electron chi connectivity index (χ1n) is 8.80. The van der Waals surface area contributed by atoms with Crippen LogP contribution in [0.5, 0.6) is 0 Å². The van der Waals surface area contributed by atoms with Crippen molar-refractivity contribution in [2.24, 2.45) is 0 Å². The number of benzene rings is 1. The SMILES string of the molecule is CCN(CC(=O)O)C1CC(NC(=O)N[C@H](C)c2ccc(C(F)(F)F)cc2)C1. The Morgan fingerprint density at radius 1 is 1.26 bits per heavy atom. The predicted octanol–water partition coefficient (Wildman–Crippen LogP) is 3.00. The lowest BCUT2D eigenvalue weighted by molar-refractivity contribution is -0.139. The molecule has 0 unspecified atom stereocenters. The highest BCUT2D eigenvalue weighted by Crippen LogP contribution is 2.30. The van der Waals surface area contributed by atoms with Gasteiger partial charge in [-0.15, -0.1) is 0 Å². The Morgan fingerprint density at radius 3 is 2.33 bits per heavy atom. The van der Waals surface area contributed by atoms with E-state index in [2.05, 4.69) is 10.6 Å². The normalized spacial score (nSPS) is 20.7. The summed E-state index contributed by atoms with van der Waals surface area (Å²) in [5.74, 6) is -0.878. The number of alkyl halides is 3. The molecule has 1 aliphatic rings. The number of likely N-dealkylation sites (N-methyl/N-ethyl adjacent to an activating group) is 1. The molecular formula is C18H24F3N3O3. The number of carboxylic acids is 1. The average molecular weight is 387 g/mol. The summed E-state index contributed by atoms with van der Waals surface area (Å²) in [4.78, 5) is 24.7. The topological polar surface area (TPSA) is 81.7 Å². The molecule has 6 nitrogen and oxygen atoms in total. The van der Waals surface area contributed by atoms with E-state index in [4.69, 9.17) is 5.11 Å². The first-order valence-corrected chi connectivity index (χ1v) is 8.80. The van der Waals surface area contributed by atoms with Gasteiger partial charge in [0.15, 0.2) is 0 Å². The van der Waals surface area contributed by atoms with E-state index in [1.807, 2.05) is 11.8 Å². The Bertz CT molecular complexity index is 658. The number of rotatable bonds is 7. The van der Waals surface area contributed by atoms with E-state index >= 15 is 0 Å². The van der Waals surface area contributed by atoms with Crippen LogP contribution in [-0.2, 0) is 11.0 Å². The maximum atomic E-state index is 12.6. The highest BCUT2D eigenvalue weighted by Gasteiger charge is 2.35. The van der Waals surface area contributed by atoms with Gasteiger partial charge in [-0.2, -0.15) is 13.2 Å². The second-order valence-corrected chi connectivity index (χ2v) is 6.74. The molecular weight excluding hydrogens is 363 g/mol. The summed E-state index contributed by atoms with van der Waals surface area (Å²) < 4.78 is 37.8. The van der Waals surface area contributed by atoms with Crippen LogP contribution in [0.25, 0.3) is 0 Å². The van der Waals surface area contributed by atoms with Gasteiger partial charge in [-0.1, -0.05) is 19.1 Å². The Balaban J connectivity index is 1.78. The number of carbonyl (C=O) groups excluding carboxylic acids is 1. The number of aliphatic carboxylic acids is 1. The van der Waals surface area contributed by atoms with Crippen molar-refractivity contribution < 1.29 is 27.9 Å². The third-order valence-corrected chi connectivity index (χ3v) is 4.79. The molecule has 27 heavy (non-hydrogen) atoms. The number of carbonyl (C=O) groups is 2. The summed E-state index contributed by atoms with van der Waals surface area (Å²) in [5, 5.41) is 14.4. The van der Waals surface area contributed by atoms with Crippen LogP contribution < -0.4 is 10.6 Å². The molecule has 0 radical (unpaired) electrons. The van der Waals surface area contributed by atoms with Crippen LogP contribution in [-0.4, -0.2) is 47.2 Å². The van der Waals surface area contributed by atoms with Crippen molar-refractivity contribution in [3.63, 3.8) is 0 Å². The minimum Gasteiger partial charge on any atom is -0.480 e. The number of hydrogen-bond donors (Lipinski definition) is 3. The highest BCUT2D eigenvalue weighted by molar-refractivity contribution is 5.75. The molecule has 9 heteroatoms. The summed E-state index contributed by atoms with van der Waals surface area (Å²) in [7, 11) is 0. The van der Waals surface area contributed by atoms with Gasteiger partial charge in [0.25, 0.3) is 0 Å². The number of nitrogens with zero attached hydrogens (tertiary/aromatic N) is 1. The maximum absolute atomic E-state index is 12.6. The summed E-state index contributed by atoms with van der Waals surface area (Å²) in [6.07, 6.45) is -3.05. The molecule has 0 spiro atoms. The largest absolute Gasteiger partial charge is 0.480 e. The molecule has 1 atom stereocenters. The van der Waals surface area contributed by atoms with Gasteiger partial charge in [0.1, 0.15) is 0 Å². The minimum absolute atomic E-state index is 0.0228. The molecule has 0 aromatic heterocycles. The molecule has 0 bridgehead atoms. The van der Waals surface area contributed by atoms with Crippen molar-refractivity contribution in [3.05, 3.63) is 35.4 Å². The zero-order valence-electron chi connectivity index (χ0n) is 15.2. The Hall–Kier alpha value is -2.29.